The van der Waals surface area contributed by atoms with Crippen molar-refractivity contribution < 1.29 is 23.1 Å². The highest BCUT2D eigenvalue weighted by Crippen LogP contribution is 2.38. The molecule has 0 bridgehead atoms. The molecule has 0 saturated carbocycles. The Morgan fingerprint density at radius 2 is 1.73 bits per heavy atom. The maximum atomic E-state index is 13.7. The van der Waals surface area contributed by atoms with Crippen molar-refractivity contribution >= 4 is 16.9 Å². The van der Waals surface area contributed by atoms with Gasteiger partial charge in [-0.1, -0.05) is 54.6 Å². The first kappa shape index (κ1) is 28.5. The summed E-state index contributed by atoms with van der Waals surface area (Å²) in [6.45, 7) is 0.479. The van der Waals surface area contributed by atoms with Crippen molar-refractivity contribution in [2.24, 2.45) is 12.8 Å². The van der Waals surface area contributed by atoms with Crippen LogP contribution < -0.4 is 11.3 Å². The number of likely N-dealkylation sites (tertiary alicyclic amines) is 1. The SMILES string of the molecule is Cn1nc2c(=O)n(CC3(O)CCN(C(=O)C[C@H](c4ccccc4)C(F)(F)F)CC3)cnc2c1-c1ccc(CN)cc1. The molecule has 3 heterocycles. The maximum absolute atomic E-state index is 13.7. The van der Waals surface area contributed by atoms with Gasteiger partial charge in [0.1, 0.15) is 5.52 Å². The zero-order valence-electron chi connectivity index (χ0n) is 22.5. The van der Waals surface area contributed by atoms with Crippen LogP contribution in [0.2, 0.25) is 0 Å². The molecule has 1 saturated heterocycles. The van der Waals surface area contributed by atoms with Crippen molar-refractivity contribution in [3.63, 3.8) is 0 Å². The van der Waals surface area contributed by atoms with Crippen LogP contribution in [0.15, 0.2) is 65.7 Å². The standard InChI is InChI=1S/C29H31F3N6O3/c1-36-26(21-9-7-19(16-33)8-10-21)24-25(35-36)27(40)38(18-34-24)17-28(41)11-13-37(14-12-28)23(39)15-22(29(30,31)32)20-5-3-2-4-6-20/h2-10,18,22,41H,11-17,33H2,1H3/t22-/m1/s1. The van der Waals surface area contributed by atoms with Crippen LogP contribution in [0.4, 0.5) is 13.2 Å². The summed E-state index contributed by atoms with van der Waals surface area (Å²) in [6.07, 6.45) is -3.70. The highest BCUT2D eigenvalue weighted by Gasteiger charge is 2.43. The second-order valence-electron chi connectivity index (χ2n) is 10.6. The summed E-state index contributed by atoms with van der Waals surface area (Å²) in [4.78, 5) is 32.0. The van der Waals surface area contributed by atoms with Gasteiger partial charge in [0.05, 0.1) is 30.1 Å². The van der Waals surface area contributed by atoms with E-state index in [4.69, 9.17) is 5.73 Å². The van der Waals surface area contributed by atoms with Crippen molar-refractivity contribution in [3.05, 3.63) is 82.4 Å². The molecule has 1 fully saturated rings. The largest absolute Gasteiger partial charge is 0.396 e. The first-order valence-electron chi connectivity index (χ1n) is 13.3. The molecule has 1 amide bonds. The van der Waals surface area contributed by atoms with Crippen LogP contribution in [0, 0.1) is 0 Å². The number of piperidine rings is 1. The first-order valence-corrected chi connectivity index (χ1v) is 13.3. The van der Waals surface area contributed by atoms with E-state index in [1.165, 1.54) is 40.1 Å². The molecule has 216 valence electrons. The number of halogens is 3. The van der Waals surface area contributed by atoms with Gasteiger partial charge in [-0.25, -0.2) is 4.98 Å². The van der Waals surface area contributed by atoms with E-state index in [1.54, 1.807) is 17.8 Å². The van der Waals surface area contributed by atoms with E-state index in [0.29, 0.717) is 17.8 Å². The number of fused-ring (bicyclic) bond motifs is 1. The lowest BCUT2D eigenvalue weighted by Crippen LogP contribution is -2.50. The number of hydrogen-bond acceptors (Lipinski definition) is 6. The van der Waals surface area contributed by atoms with Crippen LogP contribution >= 0.6 is 0 Å². The number of carbonyl (C=O) groups is 1. The number of rotatable bonds is 7. The Morgan fingerprint density at radius 3 is 2.34 bits per heavy atom. The number of nitrogens with two attached hydrogens (primary N) is 1. The minimum absolute atomic E-state index is 0.0365. The molecule has 2 aromatic heterocycles. The molecule has 1 aliphatic rings. The van der Waals surface area contributed by atoms with Crippen LogP contribution in [-0.2, 0) is 24.9 Å². The van der Waals surface area contributed by atoms with E-state index in [2.05, 4.69) is 10.1 Å². The normalized spacial score (nSPS) is 16.2. The van der Waals surface area contributed by atoms with Gasteiger partial charge in [-0.05, 0) is 24.0 Å². The minimum Gasteiger partial charge on any atom is -0.388 e. The molecule has 0 unspecified atom stereocenters. The molecule has 1 atom stereocenters. The third-order valence-corrected chi connectivity index (χ3v) is 7.76. The average Bonchev–Trinajstić information content (AvgIpc) is 3.30. The lowest BCUT2D eigenvalue weighted by atomic mass is 9.90. The number of alkyl halides is 3. The van der Waals surface area contributed by atoms with Gasteiger partial charge < -0.3 is 15.7 Å². The molecule has 1 aliphatic heterocycles. The highest BCUT2D eigenvalue weighted by atomic mass is 19.4. The number of benzene rings is 2. The molecule has 41 heavy (non-hydrogen) atoms. The van der Waals surface area contributed by atoms with E-state index in [-0.39, 0.29) is 43.6 Å². The molecule has 12 heteroatoms. The summed E-state index contributed by atoms with van der Waals surface area (Å²) in [5.74, 6) is -2.53. The molecular weight excluding hydrogens is 537 g/mol. The van der Waals surface area contributed by atoms with Crippen LogP contribution in [0.25, 0.3) is 22.3 Å². The Kier molecular flexibility index (Phi) is 7.71. The number of aliphatic hydroxyl groups is 1. The summed E-state index contributed by atoms with van der Waals surface area (Å²) in [7, 11) is 1.72. The predicted octanol–water partition coefficient (Wildman–Crippen LogP) is 3.35. The first-order chi connectivity index (χ1) is 19.5. The summed E-state index contributed by atoms with van der Waals surface area (Å²) < 4.78 is 44.1. The third-order valence-electron chi connectivity index (χ3n) is 7.76. The number of nitrogens with zero attached hydrogens (tertiary/aromatic N) is 5. The lowest BCUT2D eigenvalue weighted by Gasteiger charge is -2.39. The van der Waals surface area contributed by atoms with Crippen molar-refractivity contribution in [2.75, 3.05) is 13.1 Å². The zero-order chi connectivity index (χ0) is 29.4. The summed E-state index contributed by atoms with van der Waals surface area (Å²) in [5.41, 5.74) is 7.02. The van der Waals surface area contributed by atoms with Gasteiger partial charge in [-0.2, -0.15) is 18.3 Å². The number of hydrogen-bond donors (Lipinski definition) is 2. The quantitative estimate of drug-likeness (QED) is 0.353. The van der Waals surface area contributed by atoms with Gasteiger partial charge >= 0.3 is 6.18 Å². The molecule has 0 spiro atoms. The fourth-order valence-electron chi connectivity index (χ4n) is 5.39. The smallest absolute Gasteiger partial charge is 0.388 e. The second-order valence-corrected chi connectivity index (χ2v) is 10.6. The highest BCUT2D eigenvalue weighted by molar-refractivity contribution is 5.89. The van der Waals surface area contributed by atoms with E-state index < -0.39 is 35.6 Å². The number of amides is 1. The Bertz CT molecular complexity index is 1590. The Morgan fingerprint density at radius 1 is 1.07 bits per heavy atom. The molecule has 9 nitrogen and oxygen atoms in total. The van der Waals surface area contributed by atoms with Gasteiger partial charge in [0.15, 0.2) is 5.52 Å². The van der Waals surface area contributed by atoms with Crippen molar-refractivity contribution in [1.29, 1.82) is 0 Å². The van der Waals surface area contributed by atoms with Crippen molar-refractivity contribution in [2.45, 2.75) is 50.0 Å². The zero-order valence-corrected chi connectivity index (χ0v) is 22.5. The van der Waals surface area contributed by atoms with Gasteiger partial charge in [0.25, 0.3) is 5.56 Å². The van der Waals surface area contributed by atoms with Crippen molar-refractivity contribution in [3.8, 4) is 11.3 Å². The average molecular weight is 569 g/mol. The monoisotopic (exact) mass is 568 g/mol. The third kappa shape index (κ3) is 5.89. The minimum atomic E-state index is -4.57. The van der Waals surface area contributed by atoms with Crippen LogP contribution in [0.3, 0.4) is 0 Å². The molecule has 4 aromatic rings. The van der Waals surface area contributed by atoms with Crippen LogP contribution in [0.5, 0.6) is 0 Å². The fourth-order valence-corrected chi connectivity index (χ4v) is 5.39. The van der Waals surface area contributed by atoms with Gasteiger partial charge in [-0.15, -0.1) is 0 Å². The van der Waals surface area contributed by atoms with Gasteiger partial charge in [0.2, 0.25) is 5.91 Å². The van der Waals surface area contributed by atoms with Crippen molar-refractivity contribution in [1.82, 2.24) is 24.2 Å². The molecule has 3 N–H and O–H groups in total. The van der Waals surface area contributed by atoms with Crippen LogP contribution in [0.1, 0.15) is 36.3 Å². The van der Waals surface area contributed by atoms with E-state index in [1.807, 2.05) is 24.3 Å². The second kappa shape index (κ2) is 11.1. The maximum Gasteiger partial charge on any atom is 0.396 e. The molecule has 5 rings (SSSR count). The van der Waals surface area contributed by atoms with Crippen LogP contribution in [-0.4, -0.2) is 60.1 Å². The van der Waals surface area contributed by atoms with E-state index >= 15 is 0 Å². The molecular formula is C29H31F3N6O3. The Hall–Kier alpha value is -4.03. The predicted molar refractivity (Wildman–Crippen MR) is 147 cm³/mol. The van der Waals surface area contributed by atoms with E-state index in [9.17, 15) is 27.9 Å². The number of aryl methyl sites for hydroxylation is 1. The van der Waals surface area contributed by atoms with E-state index in [0.717, 1.165) is 11.1 Å². The molecule has 2 aromatic carbocycles. The Labute approximate surface area is 234 Å². The van der Waals surface area contributed by atoms with Gasteiger partial charge in [0, 0.05) is 38.7 Å². The number of carbonyl (C=O) groups excluding carboxylic acids is 1. The van der Waals surface area contributed by atoms with Gasteiger partial charge in [-0.3, -0.25) is 18.8 Å². The lowest BCUT2D eigenvalue weighted by molar-refractivity contribution is -0.162. The Balaban J connectivity index is 1.29. The molecule has 0 radical (unpaired) electrons. The fraction of sp³-hybridized carbons (Fsp3) is 0.379. The summed E-state index contributed by atoms with van der Waals surface area (Å²) >= 11 is 0. The summed E-state index contributed by atoms with van der Waals surface area (Å²) in [6, 6.07) is 14.9. The molecule has 0 aliphatic carbocycles. The number of aromatic nitrogens is 4. The summed E-state index contributed by atoms with van der Waals surface area (Å²) in [5, 5.41) is 15.6. The topological polar surface area (TPSA) is 119 Å².